The number of imidazole rings is 1. The number of aromatic nitrogens is 4. The lowest BCUT2D eigenvalue weighted by molar-refractivity contribution is -0.305. The topological polar surface area (TPSA) is 86.1 Å². The Morgan fingerprint density at radius 3 is 3.11 bits per heavy atom. The highest BCUT2D eigenvalue weighted by molar-refractivity contribution is 7.99. The van der Waals surface area contributed by atoms with E-state index in [0.717, 1.165) is 11.0 Å². The van der Waals surface area contributed by atoms with Crippen molar-refractivity contribution in [2.75, 3.05) is 5.75 Å². The number of benzene rings is 1. The van der Waals surface area contributed by atoms with Crippen molar-refractivity contribution in [3.05, 3.63) is 24.3 Å². The third kappa shape index (κ3) is 1.82. The van der Waals surface area contributed by atoms with Crippen molar-refractivity contribution in [3.63, 3.8) is 0 Å². The molecule has 0 saturated carbocycles. The summed E-state index contributed by atoms with van der Waals surface area (Å²) in [7, 11) is 0. The van der Waals surface area contributed by atoms with Gasteiger partial charge in [0.15, 0.2) is 5.16 Å². The number of carbonyl (C=O) groups is 1. The molecular formula is C11H9N4O2S-. The van der Waals surface area contributed by atoms with Gasteiger partial charge in [-0.15, -0.1) is 5.10 Å². The lowest BCUT2D eigenvalue weighted by Crippen LogP contribution is -2.22. The molecule has 0 atom stereocenters. The Kier molecular flexibility index (Phi) is 2.67. The highest BCUT2D eigenvalue weighted by Gasteiger charge is 2.11. The Morgan fingerprint density at radius 2 is 2.28 bits per heavy atom. The molecule has 0 unspecified atom stereocenters. The largest absolute Gasteiger partial charge is 0.550 e. The van der Waals surface area contributed by atoms with E-state index in [2.05, 4.69) is 15.2 Å². The molecule has 2 heterocycles. The van der Waals surface area contributed by atoms with Crippen LogP contribution in [0.15, 0.2) is 29.4 Å². The number of H-pyrrole nitrogens is 1. The number of hydrogen-bond donors (Lipinski definition) is 1. The molecule has 6 nitrogen and oxygen atoms in total. The summed E-state index contributed by atoms with van der Waals surface area (Å²) < 4.78 is 1.88. The second-order valence-electron chi connectivity index (χ2n) is 3.74. The van der Waals surface area contributed by atoms with Crippen molar-refractivity contribution in [3.8, 4) is 0 Å². The molecule has 0 bridgehead atoms. The molecular weight excluding hydrogens is 252 g/mol. The Bertz CT molecular complexity index is 718. The number of carboxylic acid groups (broad SMARTS) is 1. The molecule has 0 amide bonds. The molecule has 0 saturated heterocycles. The lowest BCUT2D eigenvalue weighted by atomic mass is 10.3. The first-order chi connectivity index (χ1) is 8.75. The van der Waals surface area contributed by atoms with Crippen LogP contribution in [0.3, 0.4) is 0 Å². The van der Waals surface area contributed by atoms with E-state index >= 15 is 0 Å². The van der Waals surface area contributed by atoms with Gasteiger partial charge in [0.2, 0.25) is 5.78 Å². The molecule has 0 aliphatic rings. The number of aromatic amines is 1. The van der Waals surface area contributed by atoms with Gasteiger partial charge in [-0.3, -0.25) is 4.40 Å². The predicted molar refractivity (Wildman–Crippen MR) is 65.2 cm³/mol. The summed E-state index contributed by atoms with van der Waals surface area (Å²) in [5.41, 5.74) is 1.84. The van der Waals surface area contributed by atoms with Crippen molar-refractivity contribution in [2.24, 2.45) is 0 Å². The average molecular weight is 261 g/mol. The van der Waals surface area contributed by atoms with Crippen LogP contribution in [0.2, 0.25) is 0 Å². The van der Waals surface area contributed by atoms with Gasteiger partial charge in [0.25, 0.3) is 0 Å². The molecule has 7 heteroatoms. The second-order valence-corrected chi connectivity index (χ2v) is 4.80. The Morgan fingerprint density at radius 1 is 1.44 bits per heavy atom. The van der Waals surface area contributed by atoms with E-state index in [1.54, 1.807) is 0 Å². The van der Waals surface area contributed by atoms with E-state index in [9.17, 15) is 9.90 Å². The molecule has 1 aromatic carbocycles. The Balaban J connectivity index is 1.99. The number of thioether (sulfide) groups is 1. The van der Waals surface area contributed by atoms with Crippen molar-refractivity contribution < 1.29 is 9.90 Å². The van der Waals surface area contributed by atoms with E-state index in [-0.39, 0.29) is 6.42 Å². The van der Waals surface area contributed by atoms with Gasteiger partial charge in [-0.1, -0.05) is 23.9 Å². The summed E-state index contributed by atoms with van der Waals surface area (Å²) in [6.45, 7) is 0. The molecule has 2 aromatic heterocycles. The molecule has 18 heavy (non-hydrogen) atoms. The zero-order chi connectivity index (χ0) is 12.5. The molecule has 3 rings (SSSR count). The fraction of sp³-hybridized carbons (Fsp3) is 0.182. The van der Waals surface area contributed by atoms with Crippen LogP contribution in [0.5, 0.6) is 0 Å². The van der Waals surface area contributed by atoms with Crippen molar-refractivity contribution >= 4 is 34.5 Å². The van der Waals surface area contributed by atoms with E-state index < -0.39 is 5.97 Å². The molecule has 3 aromatic rings. The zero-order valence-corrected chi connectivity index (χ0v) is 10.1. The number of carbonyl (C=O) groups excluding carboxylic acids is 1. The molecule has 0 fully saturated rings. The maximum Gasteiger partial charge on any atom is 0.231 e. The summed E-state index contributed by atoms with van der Waals surface area (Å²) >= 11 is 1.36. The van der Waals surface area contributed by atoms with Gasteiger partial charge < -0.3 is 9.90 Å². The zero-order valence-electron chi connectivity index (χ0n) is 9.29. The highest BCUT2D eigenvalue weighted by Crippen LogP contribution is 2.22. The molecule has 0 radical (unpaired) electrons. The summed E-state index contributed by atoms with van der Waals surface area (Å²) in [5, 5.41) is 18.1. The Hall–Kier alpha value is -2.02. The first-order valence-corrected chi connectivity index (χ1v) is 6.38. The van der Waals surface area contributed by atoms with Crippen molar-refractivity contribution in [1.29, 1.82) is 0 Å². The lowest BCUT2D eigenvalue weighted by Gasteiger charge is -2.00. The number of nitrogens with zero attached hydrogens (tertiary/aromatic N) is 3. The number of nitrogens with one attached hydrogen (secondary N) is 1. The third-order valence-corrected chi connectivity index (χ3v) is 3.48. The van der Waals surface area contributed by atoms with Gasteiger partial charge in [-0.25, -0.2) is 10.1 Å². The van der Waals surface area contributed by atoms with Gasteiger partial charge in [0.1, 0.15) is 0 Å². The first-order valence-electron chi connectivity index (χ1n) is 5.40. The standard InChI is InChI=1S/C11H10N4O2S/c16-9(17)5-6-18-11-14-13-10-12-7-3-1-2-4-8(7)15(10)11/h1-4H,5-6H2,(H,12,13)(H,16,17)/p-1. The van der Waals surface area contributed by atoms with Crippen LogP contribution in [-0.2, 0) is 4.79 Å². The molecule has 1 N–H and O–H groups in total. The number of rotatable bonds is 4. The minimum Gasteiger partial charge on any atom is -0.550 e. The van der Waals surface area contributed by atoms with Gasteiger partial charge in [0.05, 0.1) is 11.0 Å². The third-order valence-electron chi connectivity index (χ3n) is 2.54. The molecule has 0 aliphatic carbocycles. The summed E-state index contributed by atoms with van der Waals surface area (Å²) in [4.78, 5) is 14.8. The molecule has 92 valence electrons. The normalized spacial score (nSPS) is 11.3. The summed E-state index contributed by atoms with van der Waals surface area (Å²) in [5.74, 6) is 0.0336. The fourth-order valence-corrected chi connectivity index (χ4v) is 2.64. The number of fused-ring (bicyclic) bond motifs is 3. The first kappa shape index (κ1) is 11.1. The minimum atomic E-state index is -1.05. The second kappa shape index (κ2) is 4.34. The van der Waals surface area contributed by atoms with E-state index in [0.29, 0.717) is 16.7 Å². The predicted octanol–water partition coefficient (Wildman–Crippen LogP) is 0.443. The quantitative estimate of drug-likeness (QED) is 0.689. The van der Waals surface area contributed by atoms with Crippen molar-refractivity contribution in [1.82, 2.24) is 19.6 Å². The maximum atomic E-state index is 10.4. The SMILES string of the molecule is O=C([O-])CCSc1n[nH]c2nc3ccccc3n12. The maximum absolute atomic E-state index is 10.4. The Labute approximate surface area is 106 Å². The molecule has 0 aliphatic heterocycles. The van der Waals surface area contributed by atoms with Crippen LogP contribution in [-0.4, -0.2) is 31.3 Å². The van der Waals surface area contributed by atoms with Gasteiger partial charge in [-0.2, -0.15) is 0 Å². The van der Waals surface area contributed by atoms with Crippen LogP contribution in [0.1, 0.15) is 6.42 Å². The number of carboxylic acids is 1. The van der Waals surface area contributed by atoms with Gasteiger partial charge in [0, 0.05) is 11.7 Å². The van der Waals surface area contributed by atoms with E-state index in [4.69, 9.17) is 0 Å². The minimum absolute atomic E-state index is 0.00560. The van der Waals surface area contributed by atoms with Crippen LogP contribution in [0.4, 0.5) is 0 Å². The van der Waals surface area contributed by atoms with Crippen LogP contribution in [0, 0.1) is 0 Å². The monoisotopic (exact) mass is 261 g/mol. The fourth-order valence-electron chi connectivity index (χ4n) is 1.76. The van der Waals surface area contributed by atoms with Gasteiger partial charge in [-0.05, 0) is 18.6 Å². The van der Waals surface area contributed by atoms with E-state index in [1.807, 2.05) is 28.7 Å². The number of aliphatic carboxylic acids is 1. The number of hydrogen-bond acceptors (Lipinski definition) is 5. The smallest absolute Gasteiger partial charge is 0.231 e. The summed E-state index contributed by atoms with van der Waals surface area (Å²) in [6, 6.07) is 7.73. The number of para-hydroxylation sites is 2. The van der Waals surface area contributed by atoms with Crippen LogP contribution < -0.4 is 5.11 Å². The molecule has 0 spiro atoms. The van der Waals surface area contributed by atoms with E-state index in [1.165, 1.54) is 11.8 Å². The average Bonchev–Trinajstić information content (AvgIpc) is 2.88. The van der Waals surface area contributed by atoms with Gasteiger partial charge >= 0.3 is 0 Å². The van der Waals surface area contributed by atoms with Crippen molar-refractivity contribution in [2.45, 2.75) is 11.6 Å². The highest BCUT2D eigenvalue weighted by atomic mass is 32.2. The van der Waals surface area contributed by atoms with Crippen LogP contribution >= 0.6 is 11.8 Å². The van der Waals surface area contributed by atoms with Crippen LogP contribution in [0.25, 0.3) is 16.8 Å². The summed E-state index contributed by atoms with van der Waals surface area (Å²) in [6.07, 6.45) is 0.00560.